The van der Waals surface area contributed by atoms with Crippen molar-refractivity contribution in [3.63, 3.8) is 0 Å². The second-order valence-electron chi connectivity index (χ2n) is 5.04. The first-order valence-corrected chi connectivity index (χ1v) is 7.47. The standard InChI is InChI=1S/C14H14N2O4S/c15-10-12(18)16-11(14(19)20)8(6-21-13(10)16)5-7-1-3-9(17)4-2-7/h1-4,10,13,17H,5-6,15H2,(H,19,20)/t10?,13-/m0/s1. The molecular weight excluding hydrogens is 292 g/mol. The highest BCUT2D eigenvalue weighted by atomic mass is 32.2. The lowest BCUT2D eigenvalue weighted by atomic mass is 9.99. The minimum atomic E-state index is -1.10. The zero-order valence-corrected chi connectivity index (χ0v) is 11.8. The van der Waals surface area contributed by atoms with Crippen molar-refractivity contribution in [2.75, 3.05) is 5.75 Å². The predicted molar refractivity (Wildman–Crippen MR) is 77.5 cm³/mol. The van der Waals surface area contributed by atoms with Crippen LogP contribution in [-0.4, -0.2) is 44.2 Å². The van der Waals surface area contributed by atoms with Gasteiger partial charge in [0.15, 0.2) is 0 Å². The molecule has 4 N–H and O–H groups in total. The molecule has 0 aliphatic carbocycles. The van der Waals surface area contributed by atoms with E-state index < -0.39 is 12.0 Å². The van der Waals surface area contributed by atoms with Gasteiger partial charge in [-0.1, -0.05) is 12.1 Å². The van der Waals surface area contributed by atoms with Crippen LogP contribution in [0.3, 0.4) is 0 Å². The largest absolute Gasteiger partial charge is 0.508 e. The predicted octanol–water partition coefficient (Wildman–Crippen LogP) is 0.516. The molecular formula is C14H14N2O4S. The minimum absolute atomic E-state index is 0.0542. The van der Waals surface area contributed by atoms with Gasteiger partial charge in [0.2, 0.25) is 5.91 Å². The Kier molecular flexibility index (Phi) is 3.38. The van der Waals surface area contributed by atoms with Gasteiger partial charge in [-0.15, -0.1) is 11.8 Å². The lowest BCUT2D eigenvalue weighted by Crippen LogP contribution is -2.68. The summed E-state index contributed by atoms with van der Waals surface area (Å²) in [7, 11) is 0. The summed E-state index contributed by atoms with van der Waals surface area (Å²) in [4.78, 5) is 24.6. The van der Waals surface area contributed by atoms with Gasteiger partial charge in [-0.05, 0) is 29.7 Å². The number of amides is 1. The number of hydrogen-bond acceptors (Lipinski definition) is 5. The topological polar surface area (TPSA) is 104 Å². The van der Waals surface area contributed by atoms with Crippen molar-refractivity contribution in [3.8, 4) is 5.75 Å². The first-order chi connectivity index (χ1) is 9.99. The SMILES string of the molecule is NC1C(=O)N2C(C(=O)O)=C(Cc3ccc(O)cc3)CS[C@@H]12. The van der Waals surface area contributed by atoms with E-state index in [2.05, 4.69) is 0 Å². The molecule has 6 nitrogen and oxygen atoms in total. The summed E-state index contributed by atoms with van der Waals surface area (Å²) in [6.45, 7) is 0. The van der Waals surface area contributed by atoms with Crippen LogP contribution in [0, 0.1) is 0 Å². The molecule has 1 unspecified atom stereocenters. The van der Waals surface area contributed by atoms with Crippen LogP contribution in [0.15, 0.2) is 35.5 Å². The van der Waals surface area contributed by atoms with Crippen LogP contribution < -0.4 is 5.73 Å². The Balaban J connectivity index is 1.92. The third kappa shape index (κ3) is 2.28. The van der Waals surface area contributed by atoms with Gasteiger partial charge in [0.05, 0.1) is 0 Å². The molecule has 1 aromatic rings. The smallest absolute Gasteiger partial charge is 0.352 e. The van der Waals surface area contributed by atoms with Crippen LogP contribution in [-0.2, 0) is 16.0 Å². The Morgan fingerprint density at radius 3 is 2.67 bits per heavy atom. The molecule has 2 atom stereocenters. The van der Waals surface area contributed by atoms with Gasteiger partial charge in [-0.25, -0.2) is 4.79 Å². The molecule has 0 saturated carbocycles. The van der Waals surface area contributed by atoms with Crippen LogP contribution >= 0.6 is 11.8 Å². The summed E-state index contributed by atoms with van der Waals surface area (Å²) in [5.41, 5.74) is 7.33. The number of nitrogens with two attached hydrogens (primary N) is 1. The first-order valence-electron chi connectivity index (χ1n) is 6.42. The Morgan fingerprint density at radius 1 is 1.38 bits per heavy atom. The number of phenolic OH excluding ortho intramolecular Hbond substituents is 1. The third-order valence-corrected chi connectivity index (χ3v) is 5.01. The number of hydrogen-bond donors (Lipinski definition) is 3. The molecule has 0 aromatic heterocycles. The summed E-state index contributed by atoms with van der Waals surface area (Å²) in [6.07, 6.45) is 0.431. The number of aromatic hydroxyl groups is 1. The highest BCUT2D eigenvalue weighted by molar-refractivity contribution is 8.00. The van der Waals surface area contributed by atoms with Crippen molar-refractivity contribution in [2.24, 2.45) is 5.73 Å². The van der Waals surface area contributed by atoms with E-state index in [1.54, 1.807) is 24.3 Å². The highest BCUT2D eigenvalue weighted by Gasteiger charge is 2.51. The molecule has 2 heterocycles. The van der Waals surface area contributed by atoms with Crippen LogP contribution in [0.25, 0.3) is 0 Å². The number of aliphatic carboxylic acids is 1. The number of thioether (sulfide) groups is 1. The minimum Gasteiger partial charge on any atom is -0.508 e. The lowest BCUT2D eigenvalue weighted by molar-refractivity contribution is -0.148. The van der Waals surface area contributed by atoms with Crippen molar-refractivity contribution in [2.45, 2.75) is 17.8 Å². The van der Waals surface area contributed by atoms with Crippen molar-refractivity contribution in [3.05, 3.63) is 41.1 Å². The van der Waals surface area contributed by atoms with Crippen LogP contribution in [0.5, 0.6) is 5.75 Å². The molecule has 0 bridgehead atoms. The maximum Gasteiger partial charge on any atom is 0.352 e. The Bertz CT molecular complexity index is 641. The van der Waals surface area contributed by atoms with E-state index >= 15 is 0 Å². The fraction of sp³-hybridized carbons (Fsp3) is 0.286. The number of carboxylic acid groups (broad SMARTS) is 1. The van der Waals surface area contributed by atoms with Gasteiger partial charge in [0, 0.05) is 5.75 Å². The maximum absolute atomic E-state index is 11.8. The summed E-state index contributed by atoms with van der Waals surface area (Å²) in [5, 5.41) is 18.4. The van der Waals surface area contributed by atoms with Gasteiger partial charge < -0.3 is 15.9 Å². The molecule has 1 amide bonds. The first kappa shape index (κ1) is 14.0. The van der Waals surface area contributed by atoms with Gasteiger partial charge in [0.25, 0.3) is 0 Å². The highest BCUT2D eigenvalue weighted by Crippen LogP contribution is 2.40. The number of carbonyl (C=O) groups excluding carboxylic acids is 1. The van der Waals surface area contributed by atoms with Gasteiger partial charge in [-0.2, -0.15) is 0 Å². The monoisotopic (exact) mass is 306 g/mol. The fourth-order valence-electron chi connectivity index (χ4n) is 2.58. The van der Waals surface area contributed by atoms with Gasteiger partial charge >= 0.3 is 5.97 Å². The summed E-state index contributed by atoms with van der Waals surface area (Å²) < 4.78 is 0. The lowest BCUT2D eigenvalue weighted by Gasteiger charge is -2.48. The molecule has 7 heteroatoms. The van der Waals surface area contributed by atoms with Gasteiger partial charge in [-0.3, -0.25) is 9.69 Å². The molecule has 2 aliphatic rings. The van der Waals surface area contributed by atoms with E-state index in [4.69, 9.17) is 5.73 Å². The average Bonchev–Trinajstić information content (AvgIpc) is 2.48. The van der Waals surface area contributed by atoms with Crippen molar-refractivity contribution in [1.29, 1.82) is 0 Å². The van der Waals surface area contributed by atoms with E-state index in [1.165, 1.54) is 16.7 Å². The van der Waals surface area contributed by atoms with Crippen molar-refractivity contribution in [1.82, 2.24) is 4.90 Å². The number of rotatable bonds is 3. The summed E-state index contributed by atoms with van der Waals surface area (Å²) >= 11 is 1.49. The quantitative estimate of drug-likeness (QED) is 0.703. The maximum atomic E-state index is 11.8. The second-order valence-corrected chi connectivity index (χ2v) is 6.14. The summed E-state index contributed by atoms with van der Waals surface area (Å²) in [5.74, 6) is -0.750. The van der Waals surface area contributed by atoms with Crippen LogP contribution in [0.2, 0.25) is 0 Å². The zero-order chi connectivity index (χ0) is 15.1. The number of benzene rings is 1. The molecule has 3 rings (SSSR count). The molecule has 1 saturated heterocycles. The third-order valence-electron chi connectivity index (χ3n) is 3.64. The second kappa shape index (κ2) is 5.09. The molecule has 0 radical (unpaired) electrons. The Hall–Kier alpha value is -1.99. The van der Waals surface area contributed by atoms with Crippen LogP contribution in [0.1, 0.15) is 5.56 Å². The number of β-lactam (4-membered cyclic amide) rings is 1. The Labute approximate surface area is 125 Å². The normalized spacial score (nSPS) is 24.6. The van der Waals surface area contributed by atoms with E-state index in [-0.39, 0.29) is 22.7 Å². The molecule has 1 aromatic carbocycles. The number of carboxylic acids is 1. The number of fused-ring (bicyclic) bond motifs is 1. The number of carbonyl (C=O) groups is 2. The van der Waals surface area contributed by atoms with Crippen molar-refractivity contribution < 1.29 is 19.8 Å². The van der Waals surface area contributed by atoms with Crippen LogP contribution in [0.4, 0.5) is 0 Å². The molecule has 0 spiro atoms. The van der Waals surface area contributed by atoms with Gasteiger partial charge in [0.1, 0.15) is 22.9 Å². The zero-order valence-electron chi connectivity index (χ0n) is 11.0. The number of phenols is 1. The average molecular weight is 306 g/mol. The molecule has 1 fully saturated rings. The Morgan fingerprint density at radius 2 is 2.05 bits per heavy atom. The van der Waals surface area contributed by atoms with Crippen molar-refractivity contribution >= 4 is 23.6 Å². The fourth-order valence-corrected chi connectivity index (χ4v) is 3.87. The van der Waals surface area contributed by atoms with E-state index in [0.29, 0.717) is 17.7 Å². The number of nitrogens with zero attached hydrogens (tertiary/aromatic N) is 1. The van der Waals surface area contributed by atoms with E-state index in [1.807, 2.05) is 0 Å². The summed E-state index contributed by atoms with van der Waals surface area (Å²) in [6, 6.07) is 5.98. The van der Waals surface area contributed by atoms with E-state index in [9.17, 15) is 19.8 Å². The molecule has 2 aliphatic heterocycles. The molecule has 110 valence electrons. The molecule has 21 heavy (non-hydrogen) atoms. The van der Waals surface area contributed by atoms with E-state index in [0.717, 1.165) is 5.56 Å².